The minimum atomic E-state index is 0.827. The van der Waals surface area contributed by atoms with Crippen LogP contribution in [0, 0.1) is 6.92 Å². The molecule has 0 amide bonds. The Balaban J connectivity index is 1.74. The summed E-state index contributed by atoms with van der Waals surface area (Å²) in [6.45, 7) is 5.38. The Kier molecular flexibility index (Phi) is 4.99. The quantitative estimate of drug-likeness (QED) is 0.786. The molecule has 0 bridgehead atoms. The second kappa shape index (κ2) is 6.53. The maximum absolute atomic E-state index is 4.40. The minimum Gasteiger partial charge on any atom is -0.302 e. The molecule has 0 unspecified atom stereocenters. The van der Waals surface area contributed by atoms with E-state index in [-0.39, 0.29) is 0 Å². The van der Waals surface area contributed by atoms with Crippen LogP contribution in [0.3, 0.4) is 0 Å². The second-order valence-electron chi connectivity index (χ2n) is 6.07. The minimum absolute atomic E-state index is 0.827. The lowest BCUT2D eigenvalue weighted by Crippen LogP contribution is -2.36. The molecule has 19 heavy (non-hydrogen) atoms. The monoisotopic (exact) mass is 264 g/mol. The molecule has 0 saturated heterocycles. The highest BCUT2D eigenvalue weighted by atomic mass is 15.3. The zero-order valence-electron chi connectivity index (χ0n) is 12.9. The molecule has 0 atom stereocenters. The molecular formula is C15H28N4. The average molecular weight is 264 g/mol. The molecule has 1 aliphatic carbocycles. The van der Waals surface area contributed by atoms with E-state index in [1.165, 1.54) is 37.8 Å². The van der Waals surface area contributed by atoms with Gasteiger partial charge in [-0.2, -0.15) is 5.10 Å². The van der Waals surface area contributed by atoms with Crippen molar-refractivity contribution in [3.8, 4) is 0 Å². The fraction of sp³-hybridized carbons (Fsp3) is 0.800. The SMILES string of the molecule is Cc1nn(C)cc1CN(C)CCN(C)C1CCCC1. The van der Waals surface area contributed by atoms with Gasteiger partial charge in [0, 0.05) is 44.5 Å². The summed E-state index contributed by atoms with van der Waals surface area (Å²) in [6.07, 6.45) is 7.75. The van der Waals surface area contributed by atoms with Gasteiger partial charge in [0.2, 0.25) is 0 Å². The Bertz CT molecular complexity index is 393. The molecule has 1 fully saturated rings. The van der Waals surface area contributed by atoms with Crippen molar-refractivity contribution >= 4 is 0 Å². The maximum atomic E-state index is 4.40. The van der Waals surface area contributed by atoms with Crippen LogP contribution in [0.15, 0.2) is 6.20 Å². The number of hydrogen-bond acceptors (Lipinski definition) is 3. The molecule has 4 nitrogen and oxygen atoms in total. The van der Waals surface area contributed by atoms with Crippen LogP contribution in [0.5, 0.6) is 0 Å². The smallest absolute Gasteiger partial charge is 0.0638 e. The highest BCUT2D eigenvalue weighted by Gasteiger charge is 2.19. The van der Waals surface area contributed by atoms with Crippen LogP contribution in [0.4, 0.5) is 0 Å². The third-order valence-corrected chi connectivity index (χ3v) is 4.34. The largest absolute Gasteiger partial charge is 0.302 e. The molecule has 1 aliphatic rings. The topological polar surface area (TPSA) is 24.3 Å². The Morgan fingerprint density at radius 2 is 1.95 bits per heavy atom. The van der Waals surface area contributed by atoms with Gasteiger partial charge in [-0.3, -0.25) is 4.68 Å². The van der Waals surface area contributed by atoms with Crippen LogP contribution in [0.2, 0.25) is 0 Å². The molecule has 4 heteroatoms. The highest BCUT2D eigenvalue weighted by Crippen LogP contribution is 2.22. The van der Waals surface area contributed by atoms with Crippen LogP contribution in [0.1, 0.15) is 36.9 Å². The lowest BCUT2D eigenvalue weighted by Gasteiger charge is -2.26. The molecule has 0 aromatic carbocycles. The van der Waals surface area contributed by atoms with Gasteiger partial charge in [-0.05, 0) is 33.9 Å². The lowest BCUT2D eigenvalue weighted by molar-refractivity contribution is 0.204. The lowest BCUT2D eigenvalue weighted by atomic mass is 10.2. The molecule has 0 aliphatic heterocycles. The molecule has 1 saturated carbocycles. The zero-order chi connectivity index (χ0) is 13.8. The molecule has 0 spiro atoms. The summed E-state index contributed by atoms with van der Waals surface area (Å²) in [5.74, 6) is 0. The van der Waals surface area contributed by atoms with Crippen molar-refractivity contribution in [1.29, 1.82) is 0 Å². The molecule has 1 aromatic heterocycles. The zero-order valence-corrected chi connectivity index (χ0v) is 12.9. The van der Waals surface area contributed by atoms with E-state index in [1.54, 1.807) is 0 Å². The van der Waals surface area contributed by atoms with E-state index in [4.69, 9.17) is 0 Å². The van der Waals surface area contributed by atoms with E-state index in [0.29, 0.717) is 0 Å². The Morgan fingerprint density at radius 3 is 2.53 bits per heavy atom. The third kappa shape index (κ3) is 4.05. The molecule has 0 N–H and O–H groups in total. The summed E-state index contributed by atoms with van der Waals surface area (Å²) in [5, 5.41) is 4.40. The third-order valence-electron chi connectivity index (χ3n) is 4.34. The standard InChI is InChI=1S/C15H28N4/c1-13-14(12-19(4)16-13)11-17(2)9-10-18(3)15-7-5-6-8-15/h12,15H,5-11H2,1-4H3. The molecular weight excluding hydrogens is 236 g/mol. The molecule has 2 rings (SSSR count). The van der Waals surface area contributed by atoms with Gasteiger partial charge in [0.25, 0.3) is 0 Å². The van der Waals surface area contributed by atoms with Gasteiger partial charge >= 0.3 is 0 Å². The van der Waals surface area contributed by atoms with Crippen molar-refractivity contribution in [3.05, 3.63) is 17.5 Å². The van der Waals surface area contributed by atoms with E-state index < -0.39 is 0 Å². The van der Waals surface area contributed by atoms with Crippen LogP contribution in [-0.4, -0.2) is 52.8 Å². The van der Waals surface area contributed by atoms with E-state index in [9.17, 15) is 0 Å². The number of hydrogen-bond donors (Lipinski definition) is 0. The Hall–Kier alpha value is -0.870. The van der Waals surface area contributed by atoms with Crippen molar-refractivity contribution in [2.45, 2.75) is 45.2 Å². The van der Waals surface area contributed by atoms with Crippen molar-refractivity contribution in [1.82, 2.24) is 19.6 Å². The highest BCUT2D eigenvalue weighted by molar-refractivity contribution is 5.14. The number of nitrogens with zero attached hydrogens (tertiary/aromatic N) is 4. The van der Waals surface area contributed by atoms with Gasteiger partial charge in [-0.25, -0.2) is 0 Å². The van der Waals surface area contributed by atoms with E-state index >= 15 is 0 Å². The Labute approximate surface area is 117 Å². The summed E-state index contributed by atoms with van der Waals surface area (Å²) in [4.78, 5) is 4.94. The van der Waals surface area contributed by atoms with Crippen molar-refractivity contribution in [3.63, 3.8) is 0 Å². The number of rotatable bonds is 6. The first-order valence-corrected chi connectivity index (χ1v) is 7.44. The fourth-order valence-electron chi connectivity index (χ4n) is 3.03. The summed E-state index contributed by atoms with van der Waals surface area (Å²) in [7, 11) is 6.47. The van der Waals surface area contributed by atoms with Crippen LogP contribution in [0.25, 0.3) is 0 Å². The van der Waals surface area contributed by atoms with Gasteiger partial charge in [-0.15, -0.1) is 0 Å². The maximum Gasteiger partial charge on any atom is 0.0638 e. The van der Waals surface area contributed by atoms with Crippen LogP contribution < -0.4 is 0 Å². The number of aryl methyl sites for hydroxylation is 2. The van der Waals surface area contributed by atoms with Gasteiger partial charge < -0.3 is 9.80 Å². The summed E-state index contributed by atoms with van der Waals surface area (Å²) < 4.78 is 1.91. The van der Waals surface area contributed by atoms with Crippen LogP contribution in [-0.2, 0) is 13.6 Å². The van der Waals surface area contributed by atoms with Gasteiger partial charge in [0.1, 0.15) is 0 Å². The van der Waals surface area contributed by atoms with Gasteiger partial charge in [-0.1, -0.05) is 12.8 Å². The summed E-state index contributed by atoms with van der Waals surface area (Å²) >= 11 is 0. The fourth-order valence-corrected chi connectivity index (χ4v) is 3.03. The van der Waals surface area contributed by atoms with Gasteiger partial charge in [0.15, 0.2) is 0 Å². The predicted molar refractivity (Wildman–Crippen MR) is 79.2 cm³/mol. The normalized spacial score (nSPS) is 16.9. The molecule has 0 radical (unpaired) electrons. The van der Waals surface area contributed by atoms with Crippen molar-refractivity contribution < 1.29 is 0 Å². The van der Waals surface area contributed by atoms with E-state index in [0.717, 1.165) is 24.8 Å². The second-order valence-corrected chi connectivity index (χ2v) is 6.07. The molecule has 1 heterocycles. The predicted octanol–water partition coefficient (Wildman–Crippen LogP) is 2.03. The Morgan fingerprint density at radius 1 is 1.26 bits per heavy atom. The van der Waals surface area contributed by atoms with Gasteiger partial charge in [0.05, 0.1) is 5.69 Å². The number of aromatic nitrogens is 2. The molecule has 1 aromatic rings. The summed E-state index contributed by atoms with van der Waals surface area (Å²) in [5.41, 5.74) is 2.49. The first-order valence-electron chi connectivity index (χ1n) is 7.44. The van der Waals surface area contributed by atoms with Crippen LogP contribution >= 0.6 is 0 Å². The number of likely N-dealkylation sites (N-methyl/N-ethyl adjacent to an activating group) is 2. The first kappa shape index (κ1) is 14.5. The summed E-state index contributed by atoms with van der Waals surface area (Å²) in [6, 6.07) is 0.827. The van der Waals surface area contributed by atoms with Crippen molar-refractivity contribution in [2.24, 2.45) is 7.05 Å². The van der Waals surface area contributed by atoms with E-state index in [1.807, 2.05) is 11.7 Å². The average Bonchev–Trinajstić information content (AvgIpc) is 2.97. The van der Waals surface area contributed by atoms with E-state index in [2.05, 4.69) is 42.1 Å². The van der Waals surface area contributed by atoms with Crippen molar-refractivity contribution in [2.75, 3.05) is 27.2 Å². The molecule has 108 valence electrons. The first-order chi connectivity index (χ1) is 9.06.